The number of ether oxygens (including phenoxy) is 5. The standard InChI is InChI=1S/C17H19FN2O2.C12H16BrNO2.C6H5BrO.C6H12ClNO.C5H4BFNO2.C5H3BrFN.CH2O3.2K.H/c18-17-6-3-15(13-19-17)14-1-4-16(5-2-14)22-12-9-20-7-10-21-11-8-20;13-11-1-3-12(4-2-11)16-10-7-14-5-8-15-9-6-14;7-5-1-3-6(8)4-2-5;7-1-2-8-3-5-9-6-4-8;7-5-2-1-4(3-8-5)6-10-9;6-4-1-2-5(7)8-3-4;2-1-4-3;;;/h1-6,13H,7-12H2;1-4H,5-10H2;1-4,8H;1-6H2;1-3,9H;1-3H;1,3H;;;/q;;;;;;;2*+1;-1/p-1. The van der Waals surface area contributed by atoms with Gasteiger partial charge in [0.05, 0.1) is 39.6 Å². The molecule has 6 heterocycles. The number of phenols is 1. The predicted molar refractivity (Wildman–Crippen MR) is 297 cm³/mol. The number of rotatable bonds is 14. The molecule has 2 N–H and O–H groups in total. The van der Waals surface area contributed by atoms with Crippen molar-refractivity contribution in [2.24, 2.45) is 0 Å². The summed E-state index contributed by atoms with van der Waals surface area (Å²) in [6.07, 6.45) is 4.19. The molecule has 0 bridgehead atoms. The molecule has 9 rings (SSSR count). The summed E-state index contributed by atoms with van der Waals surface area (Å²) < 4.78 is 66.9. The molecule has 6 aromatic rings. The van der Waals surface area contributed by atoms with Gasteiger partial charge in [0.1, 0.15) is 30.5 Å². The first-order valence-electron chi connectivity index (χ1n) is 23.8. The van der Waals surface area contributed by atoms with Gasteiger partial charge in [-0.15, -0.1) is 11.6 Å². The number of aromatic hydroxyl groups is 1. The maximum atomic E-state index is 12.8. The minimum Gasteiger partial charge on any atom is -1.00 e. The quantitative estimate of drug-likeness (QED) is 0.0401. The van der Waals surface area contributed by atoms with Crippen LogP contribution in [0.2, 0.25) is 0 Å². The number of morpholine rings is 3. The molecule has 79 heavy (non-hydrogen) atoms. The first-order chi connectivity index (χ1) is 37.4. The zero-order valence-corrected chi connectivity index (χ0v) is 55.7. The number of pyridine rings is 3. The molecule has 0 amide bonds. The Morgan fingerprint density at radius 1 is 0.582 bits per heavy atom. The third-order valence-electron chi connectivity index (χ3n) is 10.3. The molecule has 0 saturated carbocycles. The fraction of sp³-hybridized carbons (Fsp3) is 0.346. The number of carbonyl (C=O) groups is 1. The van der Waals surface area contributed by atoms with Crippen LogP contribution in [-0.2, 0) is 28.7 Å². The number of aromatic nitrogens is 3. The summed E-state index contributed by atoms with van der Waals surface area (Å²) in [4.78, 5) is 32.3. The Bertz CT molecular complexity index is 2330. The Hall–Kier alpha value is -1.52. The summed E-state index contributed by atoms with van der Waals surface area (Å²) in [5.74, 6) is 1.33. The first kappa shape index (κ1) is 75.5. The van der Waals surface area contributed by atoms with Crippen molar-refractivity contribution in [2.75, 3.05) is 118 Å². The molecule has 0 spiro atoms. The van der Waals surface area contributed by atoms with E-state index in [-0.39, 0.29) is 111 Å². The minimum absolute atomic E-state index is 0. The average molecular weight is 1370 g/mol. The van der Waals surface area contributed by atoms with E-state index in [1.165, 1.54) is 42.9 Å². The van der Waals surface area contributed by atoms with Gasteiger partial charge in [-0.1, -0.05) is 50.1 Å². The van der Waals surface area contributed by atoms with Crippen LogP contribution in [0.15, 0.2) is 141 Å². The van der Waals surface area contributed by atoms with E-state index < -0.39 is 17.8 Å². The van der Waals surface area contributed by atoms with Gasteiger partial charge in [-0.25, -0.2) is 15.0 Å². The normalized spacial score (nSPS) is 13.7. The molecule has 0 atom stereocenters. The number of carbonyl (C=O) groups excluding carboxylic acids is 1. The zero-order chi connectivity index (χ0) is 55.7. The van der Waals surface area contributed by atoms with Crippen molar-refractivity contribution in [3.05, 3.63) is 159 Å². The van der Waals surface area contributed by atoms with Crippen molar-refractivity contribution in [2.45, 2.75) is 0 Å². The number of phenolic OH excluding ortho intramolecular Hbond substituents is 1. The third-order valence-corrected chi connectivity index (χ3v) is 12.0. The van der Waals surface area contributed by atoms with Gasteiger partial charge >= 0.3 is 110 Å². The number of benzene rings is 3. The molecular formula is C52H61BBr3ClF3K2N6O11. The number of hydrogen-bond acceptors (Lipinski definition) is 17. The second-order valence-electron chi connectivity index (χ2n) is 15.7. The maximum Gasteiger partial charge on any atom is 1.00 e. The third kappa shape index (κ3) is 38.1. The topological polar surface area (TPSA) is 194 Å². The van der Waals surface area contributed by atoms with Crippen molar-refractivity contribution in [1.82, 2.24) is 29.7 Å². The van der Waals surface area contributed by atoms with Gasteiger partial charge in [0, 0.05) is 102 Å². The van der Waals surface area contributed by atoms with Gasteiger partial charge in [0.25, 0.3) is 6.47 Å². The summed E-state index contributed by atoms with van der Waals surface area (Å²) in [6.45, 7) is 15.2. The molecule has 3 fully saturated rings. The van der Waals surface area contributed by atoms with Crippen LogP contribution in [0.5, 0.6) is 17.2 Å². The molecule has 3 aliphatic rings. The molecule has 0 aliphatic carbocycles. The molecule has 3 aromatic carbocycles. The van der Waals surface area contributed by atoms with E-state index in [9.17, 15) is 13.2 Å². The van der Waals surface area contributed by atoms with E-state index >= 15 is 0 Å². The van der Waals surface area contributed by atoms with E-state index in [4.69, 9.17) is 55.7 Å². The largest absolute Gasteiger partial charge is 1.00 e. The van der Waals surface area contributed by atoms with E-state index in [0.29, 0.717) is 17.8 Å². The van der Waals surface area contributed by atoms with Crippen LogP contribution in [0.3, 0.4) is 0 Å². The van der Waals surface area contributed by atoms with E-state index in [1.807, 2.05) is 48.5 Å². The number of alkyl halides is 1. The second kappa shape index (κ2) is 48.8. The maximum absolute atomic E-state index is 12.8. The Kier molecular flexibility index (Phi) is 46.6. The van der Waals surface area contributed by atoms with Crippen LogP contribution in [0.4, 0.5) is 13.2 Å². The van der Waals surface area contributed by atoms with E-state index in [1.54, 1.807) is 36.4 Å². The van der Waals surface area contributed by atoms with Gasteiger partial charge in [-0.05, 0) is 118 Å². The summed E-state index contributed by atoms with van der Waals surface area (Å²) in [6, 6.07) is 31.1. The molecule has 1 radical (unpaired) electrons. The minimum atomic E-state index is -0.560. The fourth-order valence-electron chi connectivity index (χ4n) is 6.32. The number of hydrogen-bond donors (Lipinski definition) is 2. The number of halogens is 7. The van der Waals surface area contributed by atoms with Crippen LogP contribution in [-0.4, -0.2) is 172 Å². The van der Waals surface area contributed by atoms with Gasteiger partial charge in [0.2, 0.25) is 17.8 Å². The molecule has 0 unspecified atom stereocenters. The van der Waals surface area contributed by atoms with Crippen LogP contribution in [0.25, 0.3) is 11.1 Å². The summed E-state index contributed by atoms with van der Waals surface area (Å²) in [5.41, 5.74) is 2.39. The van der Waals surface area contributed by atoms with Crippen LogP contribution < -0.4 is 123 Å². The van der Waals surface area contributed by atoms with Crippen molar-refractivity contribution in [3.63, 3.8) is 0 Å². The monoisotopic (exact) mass is 1360 g/mol. The van der Waals surface area contributed by atoms with Gasteiger partial charge in [0.15, 0.2) is 0 Å². The Morgan fingerprint density at radius 2 is 0.962 bits per heavy atom. The van der Waals surface area contributed by atoms with Gasteiger partial charge in [-0.3, -0.25) is 24.8 Å². The van der Waals surface area contributed by atoms with Crippen molar-refractivity contribution in [1.29, 1.82) is 0 Å². The molecule has 27 heteroatoms. The van der Waals surface area contributed by atoms with Crippen LogP contribution >= 0.6 is 59.4 Å². The fourth-order valence-corrected chi connectivity index (χ4v) is 7.32. The van der Waals surface area contributed by atoms with Gasteiger partial charge in [-0.2, -0.15) is 13.2 Å². The molecule has 419 valence electrons. The van der Waals surface area contributed by atoms with Crippen LogP contribution in [0, 0.1) is 17.8 Å². The molecular weight excluding hydrogens is 1310 g/mol. The van der Waals surface area contributed by atoms with E-state index in [0.717, 1.165) is 155 Å². The zero-order valence-electron chi connectivity index (χ0n) is 44.9. The average Bonchev–Trinajstić information content (AvgIpc) is 3.46. The smallest absolute Gasteiger partial charge is 1.00 e. The molecule has 3 aliphatic heterocycles. The second-order valence-corrected chi connectivity index (χ2v) is 18.8. The first-order valence-corrected chi connectivity index (χ1v) is 26.7. The summed E-state index contributed by atoms with van der Waals surface area (Å²) >= 11 is 15.3. The molecule has 3 saturated heterocycles. The Balaban J connectivity index is 0.000000956. The molecule has 17 nitrogen and oxygen atoms in total. The number of nitrogens with zero attached hydrogens (tertiary/aromatic N) is 6. The van der Waals surface area contributed by atoms with Gasteiger partial charge < -0.3 is 45.2 Å². The van der Waals surface area contributed by atoms with Crippen LogP contribution in [0.1, 0.15) is 1.43 Å². The van der Waals surface area contributed by atoms with Crippen molar-refractivity contribution < 1.29 is 171 Å². The SMILES string of the molecule is Brc1ccc(OCCN2CCOCC2)cc1.ClCCN1CCOCC1.Fc1ccc(-c2ccc(OCCN3CCOCC3)cc2)cn1.Fc1ccc(Br)cn1.O=CO[O-].OO[B]c1ccc(F)nc1.Oc1ccc(Br)cc1.[H-].[K+].[K+]. The Morgan fingerprint density at radius 3 is 1.32 bits per heavy atom. The van der Waals surface area contributed by atoms with Crippen molar-refractivity contribution in [3.8, 4) is 28.4 Å². The van der Waals surface area contributed by atoms with E-state index in [2.05, 4.69) is 87.1 Å². The predicted octanol–water partition coefficient (Wildman–Crippen LogP) is 1.96. The van der Waals surface area contributed by atoms with Crippen molar-refractivity contribution >= 4 is 78.8 Å². The molecule has 3 aromatic heterocycles. The summed E-state index contributed by atoms with van der Waals surface area (Å²) in [7, 11) is 1.05. The Labute approximate surface area is 577 Å². The summed E-state index contributed by atoms with van der Waals surface area (Å²) in [5, 5.41) is 25.1.